The van der Waals surface area contributed by atoms with Crippen LogP contribution in [0.5, 0.6) is 0 Å². The molecule has 3 nitrogen and oxygen atoms in total. The highest BCUT2D eigenvalue weighted by Crippen LogP contribution is 2.07. The van der Waals surface area contributed by atoms with E-state index in [-0.39, 0.29) is 12.1 Å². The first kappa shape index (κ1) is 11.9. The van der Waals surface area contributed by atoms with Crippen LogP contribution in [-0.4, -0.2) is 18.8 Å². The standard InChI is InChI=1S/C9H22N2O/c1-5-8(4)9(11-10)6-12-7(2)3/h7-9,11H,5-6,10H2,1-4H3. The Balaban J connectivity index is 3.67. The topological polar surface area (TPSA) is 47.3 Å². The number of hydrogen-bond donors (Lipinski definition) is 2. The van der Waals surface area contributed by atoms with Crippen molar-refractivity contribution >= 4 is 0 Å². The van der Waals surface area contributed by atoms with Crippen LogP contribution in [0.1, 0.15) is 34.1 Å². The van der Waals surface area contributed by atoms with Crippen LogP contribution in [-0.2, 0) is 4.74 Å². The molecule has 0 aromatic rings. The second-order valence-corrected chi connectivity index (χ2v) is 3.54. The Morgan fingerprint density at radius 1 is 1.33 bits per heavy atom. The fourth-order valence-corrected chi connectivity index (χ4v) is 0.957. The molecule has 0 saturated carbocycles. The number of ether oxygens (including phenoxy) is 1. The van der Waals surface area contributed by atoms with Crippen LogP contribution >= 0.6 is 0 Å². The molecule has 0 heterocycles. The van der Waals surface area contributed by atoms with Gasteiger partial charge < -0.3 is 4.74 Å². The molecule has 3 N–H and O–H groups in total. The Morgan fingerprint density at radius 3 is 2.25 bits per heavy atom. The number of hydrazine groups is 1. The van der Waals surface area contributed by atoms with E-state index in [2.05, 4.69) is 19.3 Å². The van der Waals surface area contributed by atoms with Gasteiger partial charge in [0.1, 0.15) is 0 Å². The molecule has 0 bridgehead atoms. The molecule has 0 aromatic carbocycles. The minimum Gasteiger partial charge on any atom is -0.377 e. The summed E-state index contributed by atoms with van der Waals surface area (Å²) in [6.45, 7) is 9.09. The third-order valence-corrected chi connectivity index (χ3v) is 2.15. The van der Waals surface area contributed by atoms with E-state index in [1.807, 2.05) is 13.8 Å². The number of rotatable bonds is 6. The summed E-state index contributed by atoms with van der Waals surface area (Å²) in [6.07, 6.45) is 1.40. The largest absolute Gasteiger partial charge is 0.377 e. The summed E-state index contributed by atoms with van der Waals surface area (Å²) in [5, 5.41) is 0. The average Bonchev–Trinajstić information content (AvgIpc) is 2.04. The SMILES string of the molecule is CCC(C)C(COC(C)C)NN. The molecular formula is C9H22N2O. The molecule has 0 aliphatic carbocycles. The van der Waals surface area contributed by atoms with Gasteiger partial charge in [0.05, 0.1) is 12.7 Å². The average molecular weight is 174 g/mol. The van der Waals surface area contributed by atoms with Crippen molar-refractivity contribution in [2.75, 3.05) is 6.61 Å². The van der Waals surface area contributed by atoms with Gasteiger partial charge in [-0.05, 0) is 19.8 Å². The lowest BCUT2D eigenvalue weighted by Crippen LogP contribution is -2.43. The van der Waals surface area contributed by atoms with Gasteiger partial charge in [0.2, 0.25) is 0 Å². The first-order valence-corrected chi connectivity index (χ1v) is 4.69. The lowest BCUT2D eigenvalue weighted by Gasteiger charge is -2.22. The molecule has 3 heteroatoms. The fourth-order valence-electron chi connectivity index (χ4n) is 0.957. The van der Waals surface area contributed by atoms with E-state index in [1.54, 1.807) is 0 Å². The first-order chi connectivity index (χ1) is 5.61. The minimum absolute atomic E-state index is 0.275. The number of nitrogens with one attached hydrogen (secondary N) is 1. The van der Waals surface area contributed by atoms with Crippen molar-refractivity contribution in [1.29, 1.82) is 0 Å². The van der Waals surface area contributed by atoms with Gasteiger partial charge >= 0.3 is 0 Å². The molecule has 12 heavy (non-hydrogen) atoms. The van der Waals surface area contributed by atoms with Crippen molar-refractivity contribution in [1.82, 2.24) is 5.43 Å². The van der Waals surface area contributed by atoms with Crippen molar-refractivity contribution < 1.29 is 4.74 Å². The van der Waals surface area contributed by atoms with Crippen molar-refractivity contribution in [3.05, 3.63) is 0 Å². The Kier molecular flexibility index (Phi) is 6.34. The maximum absolute atomic E-state index is 5.48. The molecule has 0 radical (unpaired) electrons. The third kappa shape index (κ3) is 4.70. The van der Waals surface area contributed by atoms with Crippen LogP contribution in [0.3, 0.4) is 0 Å². The molecule has 2 unspecified atom stereocenters. The molecule has 0 fully saturated rings. The summed E-state index contributed by atoms with van der Waals surface area (Å²) in [6, 6.07) is 0.275. The second-order valence-electron chi connectivity index (χ2n) is 3.54. The van der Waals surface area contributed by atoms with E-state index < -0.39 is 0 Å². The highest BCUT2D eigenvalue weighted by Gasteiger charge is 2.14. The van der Waals surface area contributed by atoms with E-state index in [1.165, 1.54) is 0 Å². The van der Waals surface area contributed by atoms with Gasteiger partial charge in [-0.1, -0.05) is 20.3 Å². The molecule has 2 atom stereocenters. The summed E-state index contributed by atoms with van der Waals surface area (Å²) in [4.78, 5) is 0. The van der Waals surface area contributed by atoms with Crippen molar-refractivity contribution in [2.24, 2.45) is 11.8 Å². The third-order valence-electron chi connectivity index (χ3n) is 2.15. The molecular weight excluding hydrogens is 152 g/mol. The van der Waals surface area contributed by atoms with Crippen LogP contribution in [0.4, 0.5) is 0 Å². The highest BCUT2D eigenvalue weighted by molar-refractivity contribution is 4.69. The van der Waals surface area contributed by atoms with Gasteiger partial charge in [0, 0.05) is 6.04 Å². The number of hydrogen-bond acceptors (Lipinski definition) is 3. The molecule has 0 aliphatic heterocycles. The van der Waals surface area contributed by atoms with E-state index >= 15 is 0 Å². The van der Waals surface area contributed by atoms with Gasteiger partial charge in [-0.3, -0.25) is 11.3 Å². The van der Waals surface area contributed by atoms with E-state index in [4.69, 9.17) is 10.6 Å². The zero-order chi connectivity index (χ0) is 9.56. The lowest BCUT2D eigenvalue weighted by molar-refractivity contribution is 0.0496. The molecule has 74 valence electrons. The minimum atomic E-state index is 0.275. The van der Waals surface area contributed by atoms with E-state index in [9.17, 15) is 0 Å². The summed E-state index contributed by atoms with van der Waals surface area (Å²) in [5.74, 6) is 5.97. The zero-order valence-corrected chi connectivity index (χ0v) is 8.63. The molecule has 0 saturated heterocycles. The normalized spacial score (nSPS) is 16.5. The fraction of sp³-hybridized carbons (Fsp3) is 1.00. The predicted octanol–water partition coefficient (Wildman–Crippen LogP) is 1.29. The summed E-state index contributed by atoms with van der Waals surface area (Å²) >= 11 is 0. The maximum Gasteiger partial charge on any atom is 0.0639 e. The van der Waals surface area contributed by atoms with Crippen molar-refractivity contribution in [3.8, 4) is 0 Å². The number of nitrogens with two attached hydrogens (primary N) is 1. The molecule has 0 aromatic heterocycles. The smallest absolute Gasteiger partial charge is 0.0639 e. The van der Waals surface area contributed by atoms with Gasteiger partial charge in [0.25, 0.3) is 0 Å². The maximum atomic E-state index is 5.48. The van der Waals surface area contributed by atoms with E-state index in [0.717, 1.165) is 6.42 Å². The van der Waals surface area contributed by atoms with Crippen molar-refractivity contribution in [3.63, 3.8) is 0 Å². The van der Waals surface area contributed by atoms with Gasteiger partial charge in [0.15, 0.2) is 0 Å². The predicted molar refractivity (Wildman–Crippen MR) is 51.7 cm³/mol. The molecule has 0 rings (SSSR count). The Morgan fingerprint density at radius 2 is 1.92 bits per heavy atom. The monoisotopic (exact) mass is 174 g/mol. The summed E-state index contributed by atoms with van der Waals surface area (Å²) in [7, 11) is 0. The Labute approximate surface area is 75.6 Å². The van der Waals surface area contributed by atoms with Gasteiger partial charge in [-0.25, -0.2) is 0 Å². The lowest BCUT2D eigenvalue weighted by atomic mass is 10.0. The van der Waals surface area contributed by atoms with Crippen LogP contribution in [0, 0.1) is 5.92 Å². The van der Waals surface area contributed by atoms with Crippen LogP contribution in [0.2, 0.25) is 0 Å². The van der Waals surface area contributed by atoms with Gasteiger partial charge in [-0.2, -0.15) is 0 Å². The van der Waals surface area contributed by atoms with Crippen LogP contribution < -0.4 is 11.3 Å². The Hall–Kier alpha value is -0.120. The van der Waals surface area contributed by atoms with Crippen LogP contribution in [0.15, 0.2) is 0 Å². The molecule has 0 amide bonds. The van der Waals surface area contributed by atoms with Gasteiger partial charge in [-0.15, -0.1) is 0 Å². The van der Waals surface area contributed by atoms with Crippen molar-refractivity contribution in [2.45, 2.75) is 46.3 Å². The van der Waals surface area contributed by atoms with E-state index in [0.29, 0.717) is 12.5 Å². The molecule has 0 aliphatic rings. The zero-order valence-electron chi connectivity index (χ0n) is 8.63. The Bertz CT molecular complexity index is 107. The highest BCUT2D eigenvalue weighted by atomic mass is 16.5. The quantitative estimate of drug-likeness (QED) is 0.471. The molecule has 0 spiro atoms. The summed E-state index contributed by atoms with van der Waals surface area (Å²) in [5.41, 5.74) is 2.78. The van der Waals surface area contributed by atoms with Crippen LogP contribution in [0.25, 0.3) is 0 Å². The second kappa shape index (κ2) is 6.40. The first-order valence-electron chi connectivity index (χ1n) is 4.69. The summed E-state index contributed by atoms with van der Waals surface area (Å²) < 4.78 is 5.48.